The fraction of sp³-hybridized carbons (Fsp3) is 0.346. The highest BCUT2D eigenvalue weighted by Gasteiger charge is 2.25. The Balaban J connectivity index is 1.28. The van der Waals surface area contributed by atoms with Gasteiger partial charge in [0, 0.05) is 43.1 Å². The first-order valence-corrected chi connectivity index (χ1v) is 11.2. The Morgan fingerprint density at radius 3 is 2.42 bits per heavy atom. The van der Waals surface area contributed by atoms with Gasteiger partial charge in [0.25, 0.3) is 0 Å². The van der Waals surface area contributed by atoms with Crippen LogP contribution in [0.1, 0.15) is 26.5 Å². The molecule has 2 aromatic carbocycles. The van der Waals surface area contributed by atoms with Crippen molar-refractivity contribution in [2.45, 2.75) is 32.9 Å². The predicted octanol–water partition coefficient (Wildman–Crippen LogP) is 5.75. The van der Waals surface area contributed by atoms with E-state index in [0.29, 0.717) is 25.4 Å². The van der Waals surface area contributed by atoms with E-state index in [1.165, 1.54) is 12.1 Å². The lowest BCUT2D eigenvalue weighted by Crippen LogP contribution is -2.50. The SMILES string of the molecule is CC(C)(C)OC(=O)N1CCN(c2ccc(NCc3ccc(-c4cccc(F)c4)o3)cc2)CC1. The van der Waals surface area contributed by atoms with Crippen LogP contribution in [-0.4, -0.2) is 42.8 Å². The Morgan fingerprint density at radius 2 is 1.76 bits per heavy atom. The number of hydrogen-bond donors (Lipinski definition) is 1. The van der Waals surface area contributed by atoms with Crippen molar-refractivity contribution in [1.29, 1.82) is 0 Å². The zero-order valence-corrected chi connectivity index (χ0v) is 19.3. The molecule has 1 aliphatic heterocycles. The number of ether oxygens (including phenoxy) is 1. The third-order valence-electron chi connectivity index (χ3n) is 5.40. The van der Waals surface area contributed by atoms with Crippen molar-refractivity contribution < 1.29 is 18.3 Å². The fourth-order valence-electron chi connectivity index (χ4n) is 3.72. The molecule has 0 aliphatic carbocycles. The second-order valence-electron chi connectivity index (χ2n) is 9.13. The van der Waals surface area contributed by atoms with E-state index in [0.717, 1.165) is 35.8 Å². The first-order chi connectivity index (χ1) is 15.8. The highest BCUT2D eigenvalue weighted by Crippen LogP contribution is 2.24. The van der Waals surface area contributed by atoms with Crippen molar-refractivity contribution in [2.75, 3.05) is 36.4 Å². The van der Waals surface area contributed by atoms with Crippen molar-refractivity contribution in [2.24, 2.45) is 0 Å². The van der Waals surface area contributed by atoms with Gasteiger partial charge in [-0.1, -0.05) is 12.1 Å². The number of benzene rings is 2. The van der Waals surface area contributed by atoms with Gasteiger partial charge in [0.2, 0.25) is 0 Å². The Labute approximate surface area is 193 Å². The molecule has 4 rings (SSSR count). The van der Waals surface area contributed by atoms with E-state index in [1.54, 1.807) is 11.0 Å². The lowest BCUT2D eigenvalue weighted by molar-refractivity contribution is 0.0240. The summed E-state index contributed by atoms with van der Waals surface area (Å²) in [5, 5.41) is 3.36. The molecule has 0 radical (unpaired) electrons. The zero-order valence-electron chi connectivity index (χ0n) is 19.3. The summed E-state index contributed by atoms with van der Waals surface area (Å²) < 4.78 is 24.7. The predicted molar refractivity (Wildman–Crippen MR) is 128 cm³/mol. The summed E-state index contributed by atoms with van der Waals surface area (Å²) in [6, 6.07) is 18.3. The number of furan rings is 1. The van der Waals surface area contributed by atoms with Gasteiger partial charge < -0.3 is 24.3 Å². The average molecular weight is 452 g/mol. The van der Waals surface area contributed by atoms with E-state index in [9.17, 15) is 9.18 Å². The summed E-state index contributed by atoms with van der Waals surface area (Å²) in [5.41, 5.74) is 2.34. The topological polar surface area (TPSA) is 58.0 Å². The number of nitrogens with zero attached hydrogens (tertiary/aromatic N) is 2. The van der Waals surface area contributed by atoms with Crippen LogP contribution >= 0.6 is 0 Å². The van der Waals surface area contributed by atoms with Crippen LogP contribution in [0, 0.1) is 5.82 Å². The minimum atomic E-state index is -0.478. The molecular formula is C26H30FN3O3. The van der Waals surface area contributed by atoms with E-state index in [2.05, 4.69) is 22.3 Å². The normalized spacial score (nSPS) is 14.3. The Morgan fingerprint density at radius 1 is 1.03 bits per heavy atom. The Kier molecular flexibility index (Phi) is 6.58. The third kappa shape index (κ3) is 6.06. The van der Waals surface area contributed by atoms with Crippen molar-refractivity contribution in [1.82, 2.24) is 4.90 Å². The quantitative estimate of drug-likeness (QED) is 0.535. The van der Waals surface area contributed by atoms with E-state index in [1.807, 2.05) is 51.1 Å². The molecule has 1 saturated heterocycles. The molecule has 1 N–H and O–H groups in total. The third-order valence-corrected chi connectivity index (χ3v) is 5.40. The van der Waals surface area contributed by atoms with Gasteiger partial charge in [-0.05, 0) is 69.3 Å². The second kappa shape index (κ2) is 9.57. The first-order valence-electron chi connectivity index (χ1n) is 11.2. The monoisotopic (exact) mass is 451 g/mol. The number of amides is 1. The highest BCUT2D eigenvalue weighted by atomic mass is 19.1. The van der Waals surface area contributed by atoms with E-state index >= 15 is 0 Å². The molecular weight excluding hydrogens is 421 g/mol. The largest absolute Gasteiger partial charge is 0.459 e. The van der Waals surface area contributed by atoms with Crippen LogP contribution in [0.5, 0.6) is 0 Å². The summed E-state index contributed by atoms with van der Waals surface area (Å²) in [6.07, 6.45) is -0.250. The molecule has 1 aromatic heterocycles. The van der Waals surface area contributed by atoms with Crippen molar-refractivity contribution in [3.8, 4) is 11.3 Å². The van der Waals surface area contributed by atoms with Gasteiger partial charge in [0.15, 0.2) is 0 Å². The summed E-state index contributed by atoms with van der Waals surface area (Å²) in [4.78, 5) is 16.3. The van der Waals surface area contributed by atoms with Gasteiger partial charge in [0.05, 0.1) is 6.54 Å². The van der Waals surface area contributed by atoms with Crippen molar-refractivity contribution in [3.63, 3.8) is 0 Å². The minimum Gasteiger partial charge on any atom is -0.459 e. The number of rotatable bonds is 5. The molecule has 1 fully saturated rings. The fourth-order valence-corrected chi connectivity index (χ4v) is 3.72. The number of carbonyl (C=O) groups excluding carboxylic acids is 1. The number of piperazine rings is 1. The van der Waals surface area contributed by atoms with Crippen LogP contribution in [0.15, 0.2) is 65.1 Å². The number of anilines is 2. The van der Waals surface area contributed by atoms with Crippen LogP contribution < -0.4 is 10.2 Å². The number of nitrogens with one attached hydrogen (secondary N) is 1. The molecule has 0 bridgehead atoms. The summed E-state index contributed by atoms with van der Waals surface area (Å²) in [6.45, 7) is 8.98. The summed E-state index contributed by atoms with van der Waals surface area (Å²) >= 11 is 0. The van der Waals surface area contributed by atoms with E-state index < -0.39 is 5.60 Å². The van der Waals surface area contributed by atoms with E-state index in [4.69, 9.17) is 9.15 Å². The average Bonchev–Trinajstić information content (AvgIpc) is 3.26. The maximum atomic E-state index is 13.4. The van der Waals surface area contributed by atoms with Crippen LogP contribution in [-0.2, 0) is 11.3 Å². The van der Waals surface area contributed by atoms with Crippen molar-refractivity contribution in [3.05, 3.63) is 72.2 Å². The molecule has 0 saturated carbocycles. The van der Waals surface area contributed by atoms with Gasteiger partial charge in [-0.15, -0.1) is 0 Å². The summed E-state index contributed by atoms with van der Waals surface area (Å²) in [7, 11) is 0. The summed E-state index contributed by atoms with van der Waals surface area (Å²) in [5.74, 6) is 1.14. The number of halogens is 1. The molecule has 3 aromatic rings. The van der Waals surface area contributed by atoms with Gasteiger partial charge >= 0.3 is 6.09 Å². The van der Waals surface area contributed by atoms with Gasteiger partial charge in [-0.25, -0.2) is 9.18 Å². The molecule has 6 nitrogen and oxygen atoms in total. The molecule has 0 spiro atoms. The molecule has 0 unspecified atom stereocenters. The molecule has 174 valence electrons. The molecule has 0 atom stereocenters. The van der Waals surface area contributed by atoms with Gasteiger partial charge in [0.1, 0.15) is 22.9 Å². The van der Waals surface area contributed by atoms with Crippen LogP contribution in [0.25, 0.3) is 11.3 Å². The highest BCUT2D eigenvalue weighted by molar-refractivity contribution is 5.68. The first kappa shape index (κ1) is 22.7. The molecule has 1 amide bonds. The second-order valence-corrected chi connectivity index (χ2v) is 9.13. The molecule has 33 heavy (non-hydrogen) atoms. The number of hydrogen-bond acceptors (Lipinski definition) is 5. The minimum absolute atomic E-state index is 0.250. The molecule has 7 heteroatoms. The Bertz CT molecular complexity index is 1080. The van der Waals surface area contributed by atoms with Crippen LogP contribution in [0.3, 0.4) is 0 Å². The van der Waals surface area contributed by atoms with Crippen LogP contribution in [0.2, 0.25) is 0 Å². The number of carbonyl (C=O) groups is 1. The zero-order chi connectivity index (χ0) is 23.4. The standard InChI is InChI=1S/C26H30FN3O3/c1-26(2,3)33-25(31)30-15-13-29(14-16-30)22-9-7-21(8-10-22)28-18-23-11-12-24(32-23)19-5-4-6-20(27)17-19/h4-12,17,28H,13-16,18H2,1-3H3. The van der Waals surface area contributed by atoms with Crippen LogP contribution in [0.4, 0.5) is 20.6 Å². The molecule has 1 aliphatic rings. The van der Waals surface area contributed by atoms with Gasteiger partial charge in [-0.2, -0.15) is 0 Å². The maximum absolute atomic E-state index is 13.4. The smallest absolute Gasteiger partial charge is 0.410 e. The maximum Gasteiger partial charge on any atom is 0.410 e. The lowest BCUT2D eigenvalue weighted by atomic mass is 10.2. The lowest BCUT2D eigenvalue weighted by Gasteiger charge is -2.36. The van der Waals surface area contributed by atoms with Crippen molar-refractivity contribution >= 4 is 17.5 Å². The Hall–Kier alpha value is -3.48. The molecule has 2 heterocycles. The van der Waals surface area contributed by atoms with Gasteiger partial charge in [-0.3, -0.25) is 0 Å². The van der Waals surface area contributed by atoms with E-state index in [-0.39, 0.29) is 11.9 Å².